The molecular weight excluding hydrogens is 423 g/mol. The lowest BCUT2D eigenvalue weighted by molar-refractivity contribution is -0.117. The van der Waals surface area contributed by atoms with Crippen LogP contribution in [-0.2, 0) is 17.9 Å². The number of piperazine rings is 1. The molecule has 0 spiro atoms. The maximum absolute atomic E-state index is 12.8. The largest absolute Gasteiger partial charge is 0.308 e. The van der Waals surface area contributed by atoms with Crippen LogP contribution in [0.2, 0.25) is 0 Å². The fourth-order valence-electron chi connectivity index (χ4n) is 4.51. The van der Waals surface area contributed by atoms with Gasteiger partial charge in [0.2, 0.25) is 5.91 Å². The minimum atomic E-state index is -0.346. The zero-order chi connectivity index (χ0) is 22.8. The van der Waals surface area contributed by atoms with Crippen LogP contribution in [-0.4, -0.2) is 100 Å². The van der Waals surface area contributed by atoms with E-state index in [0.29, 0.717) is 25.5 Å². The Morgan fingerprint density at radius 2 is 1.88 bits per heavy atom. The van der Waals surface area contributed by atoms with E-state index in [1.807, 2.05) is 35.1 Å². The Hall–Kier alpha value is -2.95. The van der Waals surface area contributed by atoms with Crippen LogP contribution in [0, 0.1) is 0 Å². The van der Waals surface area contributed by atoms with Crippen molar-refractivity contribution >= 4 is 22.6 Å². The molecule has 33 heavy (non-hydrogen) atoms. The number of fused-ring (bicyclic) bond motifs is 2. The average molecular weight is 453 g/mol. The lowest BCUT2D eigenvalue weighted by Crippen LogP contribution is -2.47. The molecular formula is C23H29FN8O. The smallest absolute Gasteiger partial charge is 0.239 e. The minimum Gasteiger partial charge on any atom is -0.308 e. The summed E-state index contributed by atoms with van der Waals surface area (Å²) in [6.07, 6.45) is 1.88. The van der Waals surface area contributed by atoms with E-state index in [9.17, 15) is 9.18 Å². The summed E-state index contributed by atoms with van der Waals surface area (Å²) in [5.74, 6) is 0.368. The zero-order valence-electron chi connectivity index (χ0n) is 18.9. The van der Waals surface area contributed by atoms with Crippen LogP contribution in [0.25, 0.3) is 22.0 Å². The number of hydrogen-bond donors (Lipinski definition) is 1. The van der Waals surface area contributed by atoms with Crippen molar-refractivity contribution in [2.45, 2.75) is 13.1 Å². The molecule has 174 valence electrons. The average Bonchev–Trinajstić information content (AvgIpc) is 3.23. The van der Waals surface area contributed by atoms with Gasteiger partial charge in [0.15, 0.2) is 5.82 Å². The Morgan fingerprint density at radius 1 is 1.06 bits per heavy atom. The van der Waals surface area contributed by atoms with Gasteiger partial charge in [-0.2, -0.15) is 5.10 Å². The Balaban J connectivity index is 1.33. The lowest BCUT2D eigenvalue weighted by atomic mass is 10.0. The quantitative estimate of drug-likeness (QED) is 0.606. The number of nitrogens with zero attached hydrogens (tertiary/aromatic N) is 7. The van der Waals surface area contributed by atoms with Gasteiger partial charge < -0.3 is 10.2 Å². The normalized spacial score (nSPS) is 17.9. The summed E-state index contributed by atoms with van der Waals surface area (Å²) in [4.78, 5) is 19.0. The highest BCUT2D eigenvalue weighted by atomic mass is 19.1. The number of amides is 1. The first-order chi connectivity index (χ1) is 16.1. The molecule has 1 aromatic carbocycles. The van der Waals surface area contributed by atoms with E-state index in [4.69, 9.17) is 0 Å². The molecule has 3 aromatic rings. The molecule has 0 aliphatic carbocycles. The molecule has 1 N–H and O–H groups in total. The van der Waals surface area contributed by atoms with Gasteiger partial charge >= 0.3 is 0 Å². The van der Waals surface area contributed by atoms with E-state index in [-0.39, 0.29) is 12.6 Å². The number of alkyl halides is 1. The summed E-state index contributed by atoms with van der Waals surface area (Å²) in [7, 11) is 2.09. The number of halogens is 1. The first-order valence-electron chi connectivity index (χ1n) is 11.4. The molecule has 1 amide bonds. The molecule has 0 bridgehead atoms. The number of nitrogens with one attached hydrogen (secondary N) is 1. The number of benzene rings is 1. The summed E-state index contributed by atoms with van der Waals surface area (Å²) in [6, 6.07) is 7.85. The molecule has 1 saturated heterocycles. The van der Waals surface area contributed by atoms with Crippen LogP contribution in [0.15, 0.2) is 30.5 Å². The summed E-state index contributed by atoms with van der Waals surface area (Å²) < 4.78 is 14.8. The molecule has 2 aliphatic heterocycles. The Labute approximate surface area is 192 Å². The number of aromatic nitrogens is 4. The predicted octanol–water partition coefficient (Wildman–Crippen LogP) is 1.46. The van der Waals surface area contributed by atoms with E-state index in [1.165, 1.54) is 0 Å². The molecule has 2 aliphatic rings. The van der Waals surface area contributed by atoms with Crippen LogP contribution in [0.3, 0.4) is 0 Å². The maximum atomic E-state index is 12.8. The third kappa shape index (κ3) is 4.87. The van der Waals surface area contributed by atoms with E-state index in [0.717, 1.165) is 67.0 Å². The van der Waals surface area contributed by atoms with Crippen LogP contribution in [0.4, 0.5) is 10.2 Å². The van der Waals surface area contributed by atoms with Crippen molar-refractivity contribution in [3.8, 4) is 11.1 Å². The molecule has 0 unspecified atom stereocenters. The number of hydrogen-bond acceptors (Lipinski definition) is 7. The van der Waals surface area contributed by atoms with Gasteiger partial charge in [-0.3, -0.25) is 19.3 Å². The van der Waals surface area contributed by atoms with Gasteiger partial charge in [0.1, 0.15) is 6.67 Å². The number of carbonyl (C=O) groups excluding carboxylic acids is 1. The van der Waals surface area contributed by atoms with Crippen molar-refractivity contribution in [3.05, 3.63) is 36.2 Å². The second kappa shape index (κ2) is 9.50. The third-order valence-corrected chi connectivity index (χ3v) is 6.48. The van der Waals surface area contributed by atoms with E-state index in [2.05, 4.69) is 42.4 Å². The number of carbonyl (C=O) groups is 1. The van der Waals surface area contributed by atoms with Gasteiger partial charge in [0.25, 0.3) is 0 Å². The number of likely N-dealkylation sites (N-methyl/N-ethyl adjacent to an activating group) is 1. The second-order valence-electron chi connectivity index (χ2n) is 8.82. The van der Waals surface area contributed by atoms with Crippen LogP contribution in [0.1, 0.15) is 5.69 Å². The molecule has 5 rings (SSSR count). The van der Waals surface area contributed by atoms with Gasteiger partial charge in [0, 0.05) is 56.8 Å². The standard InChI is InChI=1S/C23H29FN8O/c1-29-6-8-31(9-7-29)16-23(33)26-22-13-18-12-17(2-3-20(18)27-28-22)19-14-25-32-11-10-30(5-4-24)15-21(19)32/h2-3,12-14H,4-11,15-16H2,1H3,(H,26,28,33). The predicted molar refractivity (Wildman–Crippen MR) is 125 cm³/mol. The van der Waals surface area contributed by atoms with Crippen LogP contribution >= 0.6 is 0 Å². The van der Waals surface area contributed by atoms with E-state index >= 15 is 0 Å². The van der Waals surface area contributed by atoms with Gasteiger partial charge in [0.05, 0.1) is 30.5 Å². The molecule has 1 fully saturated rings. The number of rotatable bonds is 6. The highest BCUT2D eigenvalue weighted by Gasteiger charge is 2.21. The van der Waals surface area contributed by atoms with Crippen molar-refractivity contribution in [2.24, 2.45) is 0 Å². The van der Waals surface area contributed by atoms with E-state index in [1.54, 1.807) is 0 Å². The van der Waals surface area contributed by atoms with Gasteiger partial charge in [-0.1, -0.05) is 6.07 Å². The molecule has 0 atom stereocenters. The lowest BCUT2D eigenvalue weighted by Gasteiger charge is -2.31. The maximum Gasteiger partial charge on any atom is 0.239 e. The second-order valence-corrected chi connectivity index (χ2v) is 8.82. The Kier molecular flexibility index (Phi) is 6.30. The SMILES string of the molecule is CN1CCN(CC(=O)Nc2cc3cc(-c4cnn5c4CN(CCF)CC5)ccc3nn2)CC1. The minimum absolute atomic E-state index is 0.0805. The van der Waals surface area contributed by atoms with Gasteiger partial charge in [-0.05, 0) is 30.8 Å². The van der Waals surface area contributed by atoms with Crippen molar-refractivity contribution in [1.29, 1.82) is 0 Å². The van der Waals surface area contributed by atoms with Crippen molar-refractivity contribution in [1.82, 2.24) is 34.7 Å². The molecule has 0 saturated carbocycles. The van der Waals surface area contributed by atoms with Crippen LogP contribution in [0.5, 0.6) is 0 Å². The zero-order valence-corrected chi connectivity index (χ0v) is 18.9. The molecule has 2 aromatic heterocycles. The fraction of sp³-hybridized carbons (Fsp3) is 0.478. The highest BCUT2D eigenvalue weighted by molar-refractivity contribution is 5.93. The van der Waals surface area contributed by atoms with Crippen molar-refractivity contribution < 1.29 is 9.18 Å². The first-order valence-corrected chi connectivity index (χ1v) is 11.4. The monoisotopic (exact) mass is 452 g/mol. The topological polar surface area (TPSA) is 82.4 Å². The molecule has 9 nitrogen and oxygen atoms in total. The number of anilines is 1. The first kappa shape index (κ1) is 21.9. The van der Waals surface area contributed by atoms with E-state index < -0.39 is 0 Å². The van der Waals surface area contributed by atoms with Gasteiger partial charge in [-0.15, -0.1) is 10.2 Å². The van der Waals surface area contributed by atoms with Crippen LogP contribution < -0.4 is 5.32 Å². The fourth-order valence-corrected chi connectivity index (χ4v) is 4.51. The molecule has 10 heteroatoms. The summed E-state index contributed by atoms with van der Waals surface area (Å²) >= 11 is 0. The summed E-state index contributed by atoms with van der Waals surface area (Å²) in [5.41, 5.74) is 3.92. The van der Waals surface area contributed by atoms with Gasteiger partial charge in [-0.25, -0.2) is 4.39 Å². The Bertz CT molecular complexity index is 1140. The summed E-state index contributed by atoms with van der Waals surface area (Å²) in [5, 5.41) is 16.8. The van der Waals surface area contributed by atoms with Crippen molar-refractivity contribution in [2.75, 3.05) is 64.9 Å². The molecule has 4 heterocycles. The highest BCUT2D eigenvalue weighted by Crippen LogP contribution is 2.29. The third-order valence-electron chi connectivity index (χ3n) is 6.48. The Morgan fingerprint density at radius 3 is 2.70 bits per heavy atom. The summed E-state index contributed by atoms with van der Waals surface area (Å²) in [6.45, 7) is 6.40. The molecule has 0 radical (unpaired) electrons. The van der Waals surface area contributed by atoms with Crippen molar-refractivity contribution in [3.63, 3.8) is 0 Å².